The van der Waals surface area contributed by atoms with Crippen LogP contribution in [0.1, 0.15) is 30.8 Å². The van der Waals surface area contributed by atoms with Gasteiger partial charge in [0.25, 0.3) is 11.1 Å². The molecule has 1 aliphatic heterocycles. The van der Waals surface area contributed by atoms with E-state index in [9.17, 15) is 14.4 Å². The molecular weight excluding hydrogens is 447 g/mol. The molecule has 9 heteroatoms. The van der Waals surface area contributed by atoms with Crippen LogP contribution in [0, 0.1) is 13.8 Å². The molecule has 30 heavy (non-hydrogen) atoms. The predicted octanol–water partition coefficient (Wildman–Crippen LogP) is 5.39. The van der Waals surface area contributed by atoms with Crippen molar-refractivity contribution in [1.82, 2.24) is 9.47 Å². The molecular formula is C21H20Cl2N2O4S. The molecule has 1 saturated heterocycles. The van der Waals surface area contributed by atoms with Crippen LogP contribution in [0.3, 0.4) is 0 Å². The number of hydrogen-bond donors (Lipinski definition) is 0. The van der Waals surface area contributed by atoms with Crippen molar-refractivity contribution in [3.8, 4) is 5.69 Å². The summed E-state index contributed by atoms with van der Waals surface area (Å²) in [6.07, 6.45) is 1.33. The zero-order chi connectivity index (χ0) is 22.2. The summed E-state index contributed by atoms with van der Waals surface area (Å²) in [7, 11) is 0. The van der Waals surface area contributed by atoms with Crippen molar-refractivity contribution in [3.63, 3.8) is 0 Å². The summed E-state index contributed by atoms with van der Waals surface area (Å²) in [6.45, 7) is 6.80. The van der Waals surface area contributed by atoms with E-state index in [4.69, 9.17) is 27.9 Å². The molecule has 0 spiro atoms. The number of nitrogens with zero attached hydrogens (tertiary/aromatic N) is 2. The lowest BCUT2D eigenvalue weighted by Crippen LogP contribution is -2.35. The Kier molecular flexibility index (Phi) is 6.65. The molecule has 158 valence electrons. The van der Waals surface area contributed by atoms with E-state index in [1.165, 1.54) is 0 Å². The van der Waals surface area contributed by atoms with Gasteiger partial charge in [-0.15, -0.1) is 0 Å². The number of carbonyl (C=O) groups is 3. The van der Waals surface area contributed by atoms with Gasteiger partial charge in [0.05, 0.1) is 26.7 Å². The summed E-state index contributed by atoms with van der Waals surface area (Å²) >= 11 is 13.3. The van der Waals surface area contributed by atoms with Crippen LogP contribution in [-0.2, 0) is 14.3 Å². The number of thioether (sulfide) groups is 1. The molecule has 1 fully saturated rings. The molecule has 1 aromatic carbocycles. The largest absolute Gasteiger partial charge is 0.462 e. The van der Waals surface area contributed by atoms with Crippen LogP contribution in [0.2, 0.25) is 10.0 Å². The molecule has 0 radical (unpaired) electrons. The molecule has 0 bridgehead atoms. The maximum Gasteiger partial charge on any atom is 0.326 e. The molecule has 1 aliphatic rings. The zero-order valence-corrected chi connectivity index (χ0v) is 19.2. The van der Waals surface area contributed by atoms with Gasteiger partial charge >= 0.3 is 5.97 Å². The van der Waals surface area contributed by atoms with Crippen molar-refractivity contribution in [2.45, 2.75) is 33.8 Å². The summed E-state index contributed by atoms with van der Waals surface area (Å²) in [4.78, 5) is 37.9. The molecule has 0 N–H and O–H groups in total. The summed E-state index contributed by atoms with van der Waals surface area (Å²) in [5, 5.41) is 0.368. The summed E-state index contributed by atoms with van der Waals surface area (Å²) in [5.74, 6) is -1.14. The van der Waals surface area contributed by atoms with Crippen molar-refractivity contribution in [3.05, 3.63) is 56.2 Å². The van der Waals surface area contributed by atoms with Gasteiger partial charge in [0.2, 0.25) is 0 Å². The Balaban J connectivity index is 1.91. The van der Waals surface area contributed by atoms with Crippen LogP contribution < -0.4 is 0 Å². The maximum atomic E-state index is 12.7. The molecule has 0 saturated carbocycles. The Morgan fingerprint density at radius 3 is 2.60 bits per heavy atom. The highest BCUT2D eigenvalue weighted by Crippen LogP contribution is 2.35. The van der Waals surface area contributed by atoms with E-state index < -0.39 is 23.7 Å². The third-order valence-corrected chi connectivity index (χ3v) is 6.17. The number of ether oxygens (including phenoxy) is 1. The van der Waals surface area contributed by atoms with Crippen LogP contribution >= 0.6 is 35.0 Å². The first-order chi connectivity index (χ1) is 14.1. The summed E-state index contributed by atoms with van der Waals surface area (Å²) < 4.78 is 6.96. The first kappa shape index (κ1) is 22.5. The van der Waals surface area contributed by atoms with Crippen molar-refractivity contribution in [1.29, 1.82) is 0 Å². The zero-order valence-electron chi connectivity index (χ0n) is 16.9. The van der Waals surface area contributed by atoms with Gasteiger partial charge in [-0.3, -0.25) is 19.3 Å². The number of esters is 1. The van der Waals surface area contributed by atoms with Gasteiger partial charge < -0.3 is 9.30 Å². The average molecular weight is 467 g/mol. The standard InChI is InChI=1S/C21H20Cl2N2O4S/c1-11(2)29-18(26)10-24-20(27)17(30-21(24)28)9-14-8-12(3)25(13(14)4)16-7-5-6-15(22)19(16)23/h5-9,11H,10H2,1-4H3/b17-9-. The summed E-state index contributed by atoms with van der Waals surface area (Å²) in [6, 6.07) is 7.27. The third kappa shape index (κ3) is 4.43. The van der Waals surface area contributed by atoms with E-state index in [-0.39, 0.29) is 11.0 Å². The van der Waals surface area contributed by atoms with Crippen LogP contribution in [0.5, 0.6) is 0 Å². The van der Waals surface area contributed by atoms with E-state index in [1.807, 2.05) is 36.6 Å². The van der Waals surface area contributed by atoms with Crippen LogP contribution in [0.25, 0.3) is 11.8 Å². The van der Waals surface area contributed by atoms with Crippen LogP contribution in [-0.4, -0.2) is 39.2 Å². The molecule has 6 nitrogen and oxygen atoms in total. The second kappa shape index (κ2) is 8.88. The Bertz CT molecular complexity index is 1080. The number of halogens is 2. The van der Waals surface area contributed by atoms with Crippen LogP contribution in [0.4, 0.5) is 4.79 Å². The number of carbonyl (C=O) groups excluding carboxylic acids is 3. The van der Waals surface area contributed by atoms with Gasteiger partial charge in [-0.05, 0) is 69.3 Å². The highest BCUT2D eigenvalue weighted by Gasteiger charge is 2.37. The first-order valence-corrected chi connectivity index (χ1v) is 10.8. The maximum absolute atomic E-state index is 12.7. The number of benzene rings is 1. The fraction of sp³-hybridized carbons (Fsp3) is 0.286. The number of hydrogen-bond acceptors (Lipinski definition) is 5. The molecule has 3 rings (SSSR count). The molecule has 2 heterocycles. The van der Waals surface area contributed by atoms with E-state index >= 15 is 0 Å². The molecule has 2 amide bonds. The van der Waals surface area contributed by atoms with Crippen molar-refractivity contribution >= 4 is 58.2 Å². The quantitative estimate of drug-likeness (QED) is 0.436. The highest BCUT2D eigenvalue weighted by atomic mass is 35.5. The Morgan fingerprint density at radius 1 is 1.23 bits per heavy atom. The fourth-order valence-corrected chi connectivity index (χ4v) is 4.39. The monoisotopic (exact) mass is 466 g/mol. The average Bonchev–Trinajstić information content (AvgIpc) is 3.07. The van der Waals surface area contributed by atoms with Crippen molar-refractivity contribution < 1.29 is 19.1 Å². The summed E-state index contributed by atoms with van der Waals surface area (Å²) in [5.41, 5.74) is 3.22. The van der Waals surface area contributed by atoms with Gasteiger partial charge in [-0.1, -0.05) is 29.3 Å². The van der Waals surface area contributed by atoms with E-state index in [1.54, 1.807) is 26.0 Å². The minimum atomic E-state index is -0.623. The van der Waals surface area contributed by atoms with Gasteiger partial charge in [0.15, 0.2) is 0 Å². The smallest absolute Gasteiger partial charge is 0.326 e. The SMILES string of the molecule is Cc1cc(/C=C2\SC(=O)N(CC(=O)OC(C)C)C2=O)c(C)n1-c1cccc(Cl)c1Cl. The second-order valence-electron chi connectivity index (χ2n) is 7.04. The molecule has 1 aromatic heterocycles. The van der Waals surface area contributed by atoms with E-state index in [2.05, 4.69) is 0 Å². The van der Waals surface area contributed by atoms with Gasteiger partial charge in [0.1, 0.15) is 6.54 Å². The number of aryl methyl sites for hydroxylation is 1. The Labute approximate surface area is 188 Å². The fourth-order valence-electron chi connectivity index (χ4n) is 3.18. The van der Waals surface area contributed by atoms with Crippen molar-refractivity contribution in [2.24, 2.45) is 0 Å². The lowest BCUT2D eigenvalue weighted by atomic mass is 10.2. The second-order valence-corrected chi connectivity index (χ2v) is 8.82. The predicted molar refractivity (Wildman–Crippen MR) is 119 cm³/mol. The Hall–Kier alpha value is -2.22. The number of imide groups is 1. The van der Waals surface area contributed by atoms with Crippen LogP contribution in [0.15, 0.2) is 29.2 Å². The Morgan fingerprint density at radius 2 is 1.93 bits per heavy atom. The minimum Gasteiger partial charge on any atom is -0.462 e. The minimum absolute atomic E-state index is 0.245. The number of rotatable bonds is 5. The van der Waals surface area contributed by atoms with Gasteiger partial charge in [-0.2, -0.15) is 0 Å². The normalized spacial score (nSPS) is 15.6. The molecule has 0 unspecified atom stereocenters. The topological polar surface area (TPSA) is 68.6 Å². The molecule has 0 atom stereocenters. The lowest BCUT2D eigenvalue weighted by molar-refractivity contribution is -0.149. The van der Waals surface area contributed by atoms with Gasteiger partial charge in [-0.25, -0.2) is 0 Å². The van der Waals surface area contributed by atoms with Crippen molar-refractivity contribution in [2.75, 3.05) is 6.54 Å². The molecule has 0 aliphatic carbocycles. The lowest BCUT2D eigenvalue weighted by Gasteiger charge is -2.13. The third-order valence-electron chi connectivity index (χ3n) is 4.46. The first-order valence-electron chi connectivity index (χ1n) is 9.18. The van der Waals surface area contributed by atoms with E-state index in [0.29, 0.717) is 10.0 Å². The van der Waals surface area contributed by atoms with E-state index in [0.717, 1.165) is 39.3 Å². The highest BCUT2D eigenvalue weighted by molar-refractivity contribution is 8.18. The van der Waals surface area contributed by atoms with Gasteiger partial charge in [0, 0.05) is 11.4 Å². The number of amides is 2. The number of aromatic nitrogens is 1. The molecule has 2 aromatic rings.